The highest BCUT2D eigenvalue weighted by Crippen LogP contribution is 2.31. The number of halogens is 2. The van der Waals surface area contributed by atoms with Crippen LogP contribution in [0.25, 0.3) is 0 Å². The highest BCUT2D eigenvalue weighted by molar-refractivity contribution is 6.40. The van der Waals surface area contributed by atoms with Crippen LogP contribution >= 0.6 is 23.2 Å². The number of amides is 1. The number of nitrogens with two attached hydrogens (primary N) is 1. The lowest BCUT2D eigenvalue weighted by atomic mass is 10.2. The molecule has 1 aromatic carbocycles. The molecule has 7 heteroatoms. The molecule has 0 saturated carbocycles. The van der Waals surface area contributed by atoms with Gasteiger partial charge in [0.25, 0.3) is 0 Å². The maximum atomic E-state index is 11.4. The summed E-state index contributed by atoms with van der Waals surface area (Å²) in [6.07, 6.45) is 0. The minimum atomic E-state index is -1.15. The van der Waals surface area contributed by atoms with Crippen LogP contribution in [0.5, 0.6) is 0 Å². The van der Waals surface area contributed by atoms with E-state index in [0.29, 0.717) is 0 Å². The van der Waals surface area contributed by atoms with Gasteiger partial charge in [-0.2, -0.15) is 0 Å². The zero-order valence-electron chi connectivity index (χ0n) is 8.83. The van der Waals surface area contributed by atoms with Gasteiger partial charge in [0.1, 0.15) is 0 Å². The number of nitrogens with one attached hydrogen (secondary N) is 1. The summed E-state index contributed by atoms with van der Waals surface area (Å²) in [4.78, 5) is 22.1. The van der Waals surface area contributed by atoms with Gasteiger partial charge in [-0.3, -0.25) is 4.79 Å². The van der Waals surface area contributed by atoms with Gasteiger partial charge < -0.3 is 16.2 Å². The number of hydrogen-bond donors (Lipinski definition) is 3. The van der Waals surface area contributed by atoms with Gasteiger partial charge in [-0.05, 0) is 19.1 Å². The first-order valence-electron chi connectivity index (χ1n) is 4.61. The number of rotatable bonds is 3. The van der Waals surface area contributed by atoms with E-state index >= 15 is 0 Å². The Balaban J connectivity index is 3.10. The number of benzene rings is 1. The molecule has 0 unspecified atom stereocenters. The van der Waals surface area contributed by atoms with Crippen molar-refractivity contribution in [2.75, 3.05) is 5.32 Å². The Hall–Kier alpha value is -1.30. The van der Waals surface area contributed by atoms with Crippen LogP contribution in [0.15, 0.2) is 12.1 Å². The summed E-state index contributed by atoms with van der Waals surface area (Å²) < 4.78 is 0. The van der Waals surface area contributed by atoms with E-state index in [1.54, 1.807) is 0 Å². The first-order valence-corrected chi connectivity index (χ1v) is 5.37. The molecule has 1 atom stereocenters. The molecule has 0 heterocycles. The molecule has 0 radical (unpaired) electrons. The van der Waals surface area contributed by atoms with E-state index in [-0.39, 0.29) is 21.3 Å². The van der Waals surface area contributed by atoms with Gasteiger partial charge in [-0.1, -0.05) is 23.2 Å². The molecule has 4 N–H and O–H groups in total. The molecular formula is C10H10Cl2N2O3. The average Bonchev–Trinajstić information content (AvgIpc) is 2.22. The third-order valence-corrected chi connectivity index (χ3v) is 2.55. The van der Waals surface area contributed by atoms with E-state index in [1.165, 1.54) is 19.1 Å². The zero-order valence-corrected chi connectivity index (χ0v) is 10.3. The fourth-order valence-corrected chi connectivity index (χ4v) is 1.63. The Labute approximate surface area is 108 Å². The molecule has 17 heavy (non-hydrogen) atoms. The van der Waals surface area contributed by atoms with E-state index in [9.17, 15) is 9.59 Å². The van der Waals surface area contributed by atoms with Crippen LogP contribution in [0.3, 0.4) is 0 Å². The topological polar surface area (TPSA) is 92.4 Å². The molecule has 92 valence electrons. The fraction of sp³-hybridized carbons (Fsp3) is 0.200. The zero-order chi connectivity index (χ0) is 13.2. The predicted octanol–water partition coefficient (Wildman–Crippen LogP) is 1.98. The molecule has 0 aliphatic rings. The van der Waals surface area contributed by atoms with Gasteiger partial charge >= 0.3 is 5.97 Å². The summed E-state index contributed by atoms with van der Waals surface area (Å²) in [6.45, 7) is 1.50. The third kappa shape index (κ3) is 3.33. The van der Waals surface area contributed by atoms with Crippen LogP contribution in [0, 0.1) is 0 Å². The smallest absolute Gasteiger partial charge is 0.335 e. The fourth-order valence-electron chi connectivity index (χ4n) is 1.05. The number of carbonyl (C=O) groups is 2. The minimum absolute atomic E-state index is 0.0453. The summed E-state index contributed by atoms with van der Waals surface area (Å²) in [5, 5.41) is 11.3. The first-order chi connectivity index (χ1) is 7.82. The number of carboxylic acid groups (broad SMARTS) is 1. The van der Waals surface area contributed by atoms with Crippen LogP contribution < -0.4 is 11.1 Å². The lowest BCUT2D eigenvalue weighted by Crippen LogP contribution is -2.32. The SMILES string of the molecule is C[C@H](N)C(=O)Nc1c(Cl)cc(C(=O)O)cc1Cl. The molecule has 0 aromatic heterocycles. The Kier molecular flexibility index (Phi) is 4.34. The maximum absolute atomic E-state index is 11.4. The number of aromatic carboxylic acids is 1. The lowest BCUT2D eigenvalue weighted by molar-refractivity contribution is -0.117. The van der Waals surface area contributed by atoms with E-state index in [1.807, 2.05) is 0 Å². The molecule has 5 nitrogen and oxygen atoms in total. The number of carboxylic acids is 1. The highest BCUT2D eigenvalue weighted by Gasteiger charge is 2.15. The molecular weight excluding hydrogens is 267 g/mol. The lowest BCUT2D eigenvalue weighted by Gasteiger charge is -2.11. The Morgan fingerprint density at radius 3 is 2.18 bits per heavy atom. The van der Waals surface area contributed by atoms with Crippen molar-refractivity contribution >= 4 is 40.8 Å². The standard InChI is InChI=1S/C10H10Cl2N2O3/c1-4(13)9(15)14-8-6(11)2-5(10(16)17)3-7(8)12/h2-4H,13H2,1H3,(H,14,15)(H,16,17)/t4-/m0/s1. The average molecular weight is 277 g/mol. The van der Waals surface area contributed by atoms with E-state index < -0.39 is 17.9 Å². The van der Waals surface area contributed by atoms with Crippen LogP contribution in [-0.2, 0) is 4.79 Å². The summed E-state index contributed by atoms with van der Waals surface area (Å²) in [5.74, 6) is -1.62. The van der Waals surface area contributed by atoms with Gasteiger partial charge in [-0.15, -0.1) is 0 Å². The Morgan fingerprint density at radius 2 is 1.82 bits per heavy atom. The van der Waals surface area contributed by atoms with E-state index in [0.717, 1.165) is 0 Å². The van der Waals surface area contributed by atoms with Crippen molar-refractivity contribution in [2.45, 2.75) is 13.0 Å². The number of anilines is 1. The summed E-state index contributed by atoms with van der Waals surface area (Å²) in [5.41, 5.74) is 5.47. The summed E-state index contributed by atoms with van der Waals surface area (Å²) in [6, 6.07) is 1.68. The van der Waals surface area contributed by atoms with Gasteiger partial charge in [-0.25, -0.2) is 4.79 Å². The summed E-state index contributed by atoms with van der Waals surface area (Å²) in [7, 11) is 0. The van der Waals surface area contributed by atoms with Crippen molar-refractivity contribution in [3.8, 4) is 0 Å². The summed E-state index contributed by atoms with van der Waals surface area (Å²) >= 11 is 11.6. The Bertz CT molecular complexity index is 452. The van der Waals surface area contributed by atoms with Gasteiger partial charge in [0.15, 0.2) is 0 Å². The molecule has 0 aliphatic heterocycles. The largest absolute Gasteiger partial charge is 0.478 e. The molecule has 0 fully saturated rings. The van der Waals surface area contributed by atoms with Crippen LogP contribution in [-0.4, -0.2) is 23.0 Å². The van der Waals surface area contributed by atoms with Crippen molar-refractivity contribution in [2.24, 2.45) is 5.73 Å². The second kappa shape index (κ2) is 5.35. The van der Waals surface area contributed by atoms with Crippen LogP contribution in [0.4, 0.5) is 5.69 Å². The van der Waals surface area contributed by atoms with E-state index in [4.69, 9.17) is 34.0 Å². The molecule has 0 saturated heterocycles. The van der Waals surface area contributed by atoms with E-state index in [2.05, 4.69) is 5.32 Å². The molecule has 0 bridgehead atoms. The van der Waals surface area contributed by atoms with Crippen LogP contribution in [0.1, 0.15) is 17.3 Å². The molecule has 1 amide bonds. The van der Waals surface area contributed by atoms with Gasteiger partial charge in [0.05, 0.1) is 27.3 Å². The van der Waals surface area contributed by atoms with Gasteiger partial charge in [0, 0.05) is 0 Å². The van der Waals surface area contributed by atoms with Gasteiger partial charge in [0.2, 0.25) is 5.91 Å². The predicted molar refractivity (Wildman–Crippen MR) is 65.7 cm³/mol. The molecule has 1 aromatic rings. The second-order valence-corrected chi connectivity index (χ2v) is 4.21. The van der Waals surface area contributed by atoms with Crippen molar-refractivity contribution < 1.29 is 14.7 Å². The molecule has 0 aliphatic carbocycles. The quantitative estimate of drug-likeness (QED) is 0.787. The van der Waals surface area contributed by atoms with Crippen LogP contribution in [0.2, 0.25) is 10.0 Å². The maximum Gasteiger partial charge on any atom is 0.335 e. The van der Waals surface area contributed by atoms with Crippen molar-refractivity contribution in [3.63, 3.8) is 0 Å². The van der Waals surface area contributed by atoms with Crippen molar-refractivity contribution in [1.29, 1.82) is 0 Å². The monoisotopic (exact) mass is 276 g/mol. The third-order valence-electron chi connectivity index (χ3n) is 1.95. The van der Waals surface area contributed by atoms with Crippen molar-refractivity contribution in [1.82, 2.24) is 0 Å². The van der Waals surface area contributed by atoms with Crippen molar-refractivity contribution in [3.05, 3.63) is 27.7 Å². The second-order valence-electron chi connectivity index (χ2n) is 3.40. The normalized spacial score (nSPS) is 12.0. The first kappa shape index (κ1) is 13.8. The molecule has 1 rings (SSSR count). The molecule has 0 spiro atoms. The highest BCUT2D eigenvalue weighted by atomic mass is 35.5. The number of hydrogen-bond acceptors (Lipinski definition) is 3. The number of carbonyl (C=O) groups excluding carboxylic acids is 1. The minimum Gasteiger partial charge on any atom is -0.478 e. The Morgan fingerprint density at radius 1 is 1.35 bits per heavy atom.